The van der Waals surface area contributed by atoms with Gasteiger partial charge in [0, 0.05) is 31.2 Å². The molecule has 0 aromatic carbocycles. The summed E-state index contributed by atoms with van der Waals surface area (Å²) in [7, 11) is 0. The molecule has 0 unspecified atom stereocenters. The van der Waals surface area contributed by atoms with Gasteiger partial charge in [-0.05, 0) is 32.0 Å². The summed E-state index contributed by atoms with van der Waals surface area (Å²) in [4.78, 5) is 18.0. The fourth-order valence-electron chi connectivity index (χ4n) is 1.80. The van der Waals surface area contributed by atoms with E-state index in [2.05, 4.69) is 15.4 Å². The third kappa shape index (κ3) is 3.81. The number of aryl methyl sites for hydroxylation is 1. The van der Waals surface area contributed by atoms with Gasteiger partial charge in [-0.3, -0.25) is 9.67 Å². The van der Waals surface area contributed by atoms with Gasteiger partial charge in [0.1, 0.15) is 0 Å². The Morgan fingerprint density at radius 2 is 2.30 bits per heavy atom. The van der Waals surface area contributed by atoms with Crippen LogP contribution < -0.4 is 5.32 Å². The lowest BCUT2D eigenvalue weighted by molar-refractivity contribution is 0.211. The van der Waals surface area contributed by atoms with E-state index in [9.17, 15) is 4.79 Å². The maximum atomic E-state index is 12.1. The number of anilines is 1. The number of carbonyl (C=O) groups excluding carboxylic acids is 1. The third-order valence-electron chi connectivity index (χ3n) is 2.99. The molecule has 2 rings (SSSR count). The van der Waals surface area contributed by atoms with Gasteiger partial charge in [0.2, 0.25) is 0 Å². The van der Waals surface area contributed by atoms with E-state index < -0.39 is 0 Å². The molecule has 6 heteroatoms. The number of nitrogens with zero attached hydrogens (tertiary/aromatic N) is 4. The Balaban J connectivity index is 1.89. The van der Waals surface area contributed by atoms with Crippen molar-refractivity contribution in [2.24, 2.45) is 0 Å². The second-order valence-electron chi connectivity index (χ2n) is 4.47. The zero-order valence-corrected chi connectivity index (χ0v) is 11.8. The zero-order valence-electron chi connectivity index (χ0n) is 11.8. The maximum Gasteiger partial charge on any atom is 0.321 e. The average Bonchev–Trinajstić information content (AvgIpc) is 2.95. The van der Waals surface area contributed by atoms with Crippen molar-refractivity contribution in [3.05, 3.63) is 42.5 Å². The van der Waals surface area contributed by atoms with Crippen LogP contribution in [0.25, 0.3) is 0 Å². The highest BCUT2D eigenvalue weighted by molar-refractivity contribution is 5.89. The average molecular weight is 273 g/mol. The monoisotopic (exact) mass is 273 g/mol. The SMILES string of the molecule is CCN(CCn1cccn1)C(=O)Nc1ccc(C)nc1. The molecule has 0 aliphatic rings. The lowest BCUT2D eigenvalue weighted by Crippen LogP contribution is -2.37. The van der Waals surface area contributed by atoms with Crippen molar-refractivity contribution in [1.29, 1.82) is 0 Å². The molecule has 0 aliphatic carbocycles. The molecule has 2 aromatic heterocycles. The molecule has 0 radical (unpaired) electrons. The molecule has 0 aliphatic heterocycles. The molecule has 0 atom stereocenters. The Morgan fingerprint density at radius 3 is 2.90 bits per heavy atom. The van der Waals surface area contributed by atoms with Gasteiger partial charge in [0.05, 0.1) is 18.4 Å². The van der Waals surface area contributed by atoms with Gasteiger partial charge in [-0.1, -0.05) is 0 Å². The fraction of sp³-hybridized carbons (Fsp3) is 0.357. The van der Waals surface area contributed by atoms with Crippen molar-refractivity contribution in [2.45, 2.75) is 20.4 Å². The molecule has 2 aromatic rings. The van der Waals surface area contributed by atoms with Crippen LogP contribution in [0.15, 0.2) is 36.8 Å². The van der Waals surface area contributed by atoms with Crippen LogP contribution in [-0.4, -0.2) is 38.8 Å². The predicted octanol–water partition coefficient (Wildman–Crippen LogP) is 2.14. The Morgan fingerprint density at radius 1 is 1.45 bits per heavy atom. The molecule has 0 fully saturated rings. The predicted molar refractivity (Wildman–Crippen MR) is 77.5 cm³/mol. The number of amides is 2. The second kappa shape index (κ2) is 6.70. The first-order valence-corrected chi connectivity index (χ1v) is 6.65. The minimum atomic E-state index is -0.120. The maximum absolute atomic E-state index is 12.1. The first-order chi connectivity index (χ1) is 9.69. The van der Waals surface area contributed by atoms with Crippen LogP contribution in [-0.2, 0) is 6.54 Å². The molecule has 2 heterocycles. The van der Waals surface area contributed by atoms with Crippen molar-refractivity contribution >= 4 is 11.7 Å². The van der Waals surface area contributed by atoms with Crippen LogP contribution in [0.3, 0.4) is 0 Å². The van der Waals surface area contributed by atoms with Gasteiger partial charge in [-0.25, -0.2) is 4.79 Å². The highest BCUT2D eigenvalue weighted by atomic mass is 16.2. The van der Waals surface area contributed by atoms with Crippen LogP contribution in [0.1, 0.15) is 12.6 Å². The van der Waals surface area contributed by atoms with E-state index >= 15 is 0 Å². The van der Waals surface area contributed by atoms with E-state index in [1.807, 2.05) is 42.9 Å². The number of urea groups is 1. The normalized spacial score (nSPS) is 10.3. The van der Waals surface area contributed by atoms with E-state index in [4.69, 9.17) is 0 Å². The number of hydrogen-bond acceptors (Lipinski definition) is 3. The minimum Gasteiger partial charge on any atom is -0.323 e. The quantitative estimate of drug-likeness (QED) is 0.907. The summed E-state index contributed by atoms with van der Waals surface area (Å²) < 4.78 is 1.81. The minimum absolute atomic E-state index is 0.120. The van der Waals surface area contributed by atoms with E-state index in [0.717, 1.165) is 5.69 Å². The Labute approximate surface area is 118 Å². The molecule has 2 amide bonds. The van der Waals surface area contributed by atoms with Crippen LogP contribution in [0.2, 0.25) is 0 Å². The summed E-state index contributed by atoms with van der Waals surface area (Å²) in [5.41, 5.74) is 1.63. The third-order valence-corrected chi connectivity index (χ3v) is 2.99. The van der Waals surface area contributed by atoms with Crippen molar-refractivity contribution in [3.63, 3.8) is 0 Å². The summed E-state index contributed by atoms with van der Waals surface area (Å²) in [6.45, 7) is 5.81. The van der Waals surface area contributed by atoms with Gasteiger partial charge in [-0.15, -0.1) is 0 Å². The number of likely N-dealkylation sites (N-methyl/N-ethyl adjacent to an activating group) is 1. The largest absolute Gasteiger partial charge is 0.323 e. The standard InChI is InChI=1S/C14H19N5O/c1-3-18(9-10-19-8-4-7-16-19)14(20)17-13-6-5-12(2)15-11-13/h4-8,11H,3,9-10H2,1-2H3,(H,17,20). The van der Waals surface area contributed by atoms with E-state index in [1.54, 1.807) is 17.3 Å². The van der Waals surface area contributed by atoms with Crippen LogP contribution >= 0.6 is 0 Å². The van der Waals surface area contributed by atoms with Crippen LogP contribution in [0.5, 0.6) is 0 Å². The van der Waals surface area contributed by atoms with Crippen molar-refractivity contribution < 1.29 is 4.79 Å². The Kier molecular flexibility index (Phi) is 4.70. The van der Waals surface area contributed by atoms with Gasteiger partial charge < -0.3 is 10.2 Å². The molecular formula is C14H19N5O. The summed E-state index contributed by atoms with van der Waals surface area (Å²) in [6.07, 6.45) is 5.28. The van der Waals surface area contributed by atoms with E-state index in [1.165, 1.54) is 0 Å². The number of pyridine rings is 1. The van der Waals surface area contributed by atoms with E-state index in [0.29, 0.717) is 25.3 Å². The first-order valence-electron chi connectivity index (χ1n) is 6.65. The number of aromatic nitrogens is 3. The molecule has 106 valence electrons. The molecule has 0 saturated heterocycles. The fourth-order valence-corrected chi connectivity index (χ4v) is 1.80. The molecule has 0 bridgehead atoms. The summed E-state index contributed by atoms with van der Waals surface area (Å²) >= 11 is 0. The summed E-state index contributed by atoms with van der Waals surface area (Å²) in [5, 5.41) is 6.97. The topological polar surface area (TPSA) is 63.1 Å². The second-order valence-corrected chi connectivity index (χ2v) is 4.47. The Bertz CT molecular complexity index is 535. The first kappa shape index (κ1) is 14.0. The highest BCUT2D eigenvalue weighted by Gasteiger charge is 2.11. The Hall–Kier alpha value is -2.37. The molecular weight excluding hydrogens is 254 g/mol. The van der Waals surface area contributed by atoms with Crippen molar-refractivity contribution in [1.82, 2.24) is 19.7 Å². The summed E-state index contributed by atoms with van der Waals surface area (Å²) in [6, 6.07) is 5.47. The smallest absolute Gasteiger partial charge is 0.321 e. The van der Waals surface area contributed by atoms with Crippen LogP contribution in [0.4, 0.5) is 10.5 Å². The van der Waals surface area contributed by atoms with E-state index in [-0.39, 0.29) is 6.03 Å². The highest BCUT2D eigenvalue weighted by Crippen LogP contribution is 2.07. The van der Waals surface area contributed by atoms with Crippen molar-refractivity contribution in [2.75, 3.05) is 18.4 Å². The molecule has 20 heavy (non-hydrogen) atoms. The molecule has 1 N–H and O–H groups in total. The van der Waals surface area contributed by atoms with Crippen molar-refractivity contribution in [3.8, 4) is 0 Å². The van der Waals surface area contributed by atoms with Gasteiger partial charge in [0.15, 0.2) is 0 Å². The number of rotatable bonds is 5. The van der Waals surface area contributed by atoms with Crippen LogP contribution in [0, 0.1) is 6.92 Å². The van der Waals surface area contributed by atoms with Gasteiger partial charge >= 0.3 is 6.03 Å². The lowest BCUT2D eigenvalue weighted by Gasteiger charge is -2.21. The number of carbonyl (C=O) groups is 1. The molecule has 0 spiro atoms. The van der Waals surface area contributed by atoms with Gasteiger partial charge in [-0.2, -0.15) is 5.10 Å². The molecule has 0 saturated carbocycles. The molecule has 6 nitrogen and oxygen atoms in total. The lowest BCUT2D eigenvalue weighted by atomic mass is 10.3. The number of hydrogen-bond donors (Lipinski definition) is 1. The zero-order chi connectivity index (χ0) is 14.4. The van der Waals surface area contributed by atoms with Gasteiger partial charge in [0.25, 0.3) is 0 Å². The summed E-state index contributed by atoms with van der Waals surface area (Å²) in [5.74, 6) is 0. The number of nitrogens with one attached hydrogen (secondary N) is 1.